The lowest BCUT2D eigenvalue weighted by Gasteiger charge is -2.38. The minimum atomic E-state index is -7.32. The Morgan fingerprint density at radius 3 is 1.56 bits per heavy atom. The number of halogens is 13. The van der Waals surface area contributed by atoms with E-state index in [0.29, 0.717) is 4.90 Å². The summed E-state index contributed by atoms with van der Waals surface area (Å²) in [4.78, 5) is 12.2. The Kier molecular flexibility index (Phi) is 10.1. The van der Waals surface area contributed by atoms with Gasteiger partial charge in [-0.3, -0.25) is 9.69 Å². The fraction of sp³-hybridized carbons (Fsp3) is 0.929. The van der Waals surface area contributed by atoms with E-state index in [1.807, 2.05) is 0 Å². The molecule has 0 atom stereocenters. The molecule has 0 bridgehead atoms. The predicted octanol–water partition coefficient (Wildman–Crippen LogP) is 1.01. The molecule has 244 valence electrons. The molecule has 1 rings (SSSR count). The first-order valence-corrected chi connectivity index (χ1v) is 14.7. The van der Waals surface area contributed by atoms with Crippen molar-refractivity contribution in [2.45, 2.75) is 34.5 Å². The fourth-order valence-corrected chi connectivity index (χ4v) is 6.70. The SMILES string of the molecule is CS(=O)(=O)NS(=O)(=O)C(F)(F)C(F)(F)C(F)(F)S(=O)(=O)N1CCN(CC(=O)OCC(F)(F)C(F)(F)C(F)(F)F)CC1. The molecule has 0 saturated carbocycles. The molecule has 1 aliphatic rings. The predicted molar refractivity (Wildman–Crippen MR) is 106 cm³/mol. The molecule has 1 fully saturated rings. The number of hydrogen-bond acceptors (Lipinski definition) is 9. The van der Waals surface area contributed by atoms with E-state index in [0.717, 1.165) is 0 Å². The Morgan fingerprint density at radius 1 is 0.732 bits per heavy atom. The standard InChI is InChI=1S/C14H16F13N3O8S3/c1-39(32,33)28-40(34,35)13(24,25)11(19,20)14(26,27)41(36,37)30-4-2-29(3-5-30)6-8(31)38-7-9(15,16)10(17,18)12(21,22)23/h28H,2-7H2,1H3. The molecule has 0 amide bonds. The number of esters is 1. The van der Waals surface area contributed by atoms with Crippen molar-refractivity contribution in [3.63, 3.8) is 0 Å². The lowest BCUT2D eigenvalue weighted by molar-refractivity contribution is -0.359. The van der Waals surface area contributed by atoms with Crippen LogP contribution in [-0.2, 0) is 39.6 Å². The first-order chi connectivity index (χ1) is 17.8. The number of piperazine rings is 1. The second-order valence-electron chi connectivity index (χ2n) is 8.08. The van der Waals surface area contributed by atoms with Gasteiger partial charge in [0.1, 0.15) is 0 Å². The molecule has 41 heavy (non-hydrogen) atoms. The van der Waals surface area contributed by atoms with Gasteiger partial charge in [0.15, 0.2) is 6.61 Å². The Balaban J connectivity index is 2.99. The van der Waals surface area contributed by atoms with Gasteiger partial charge in [-0.2, -0.15) is 61.4 Å². The van der Waals surface area contributed by atoms with Gasteiger partial charge in [-0.15, -0.1) is 4.13 Å². The smallest absolute Gasteiger partial charge is 0.458 e. The maximum absolute atomic E-state index is 14.3. The van der Waals surface area contributed by atoms with Crippen LogP contribution in [0.1, 0.15) is 0 Å². The molecule has 0 aliphatic carbocycles. The largest absolute Gasteiger partial charge is 0.460 e. The van der Waals surface area contributed by atoms with E-state index < -0.39 is 114 Å². The highest BCUT2D eigenvalue weighted by molar-refractivity contribution is 8.05. The van der Waals surface area contributed by atoms with Gasteiger partial charge >= 0.3 is 40.4 Å². The lowest BCUT2D eigenvalue weighted by atomic mass is 10.2. The third kappa shape index (κ3) is 7.10. The normalized spacial score (nSPS) is 18.4. The number of sulfonamides is 3. The highest BCUT2D eigenvalue weighted by atomic mass is 32.3. The van der Waals surface area contributed by atoms with Gasteiger partial charge in [-0.05, 0) is 0 Å². The van der Waals surface area contributed by atoms with Crippen molar-refractivity contribution in [2.75, 3.05) is 45.6 Å². The number of carbonyl (C=O) groups excluding carboxylic acids is 1. The summed E-state index contributed by atoms with van der Waals surface area (Å²) in [5, 5.41) is -14.0. The van der Waals surface area contributed by atoms with Gasteiger partial charge in [-0.1, -0.05) is 0 Å². The van der Waals surface area contributed by atoms with E-state index in [1.165, 1.54) is 0 Å². The van der Waals surface area contributed by atoms with Crippen LogP contribution in [0, 0.1) is 0 Å². The first kappa shape index (κ1) is 37.3. The molecule has 1 aliphatic heterocycles. The molecule has 0 unspecified atom stereocenters. The lowest BCUT2D eigenvalue weighted by Crippen LogP contribution is -2.66. The van der Waals surface area contributed by atoms with Crippen LogP contribution < -0.4 is 4.13 Å². The van der Waals surface area contributed by atoms with E-state index in [4.69, 9.17) is 0 Å². The van der Waals surface area contributed by atoms with Crippen LogP contribution in [0.15, 0.2) is 0 Å². The summed E-state index contributed by atoms with van der Waals surface area (Å²) in [5.74, 6) is -21.8. The molecule has 1 heterocycles. The molecule has 0 radical (unpaired) electrons. The van der Waals surface area contributed by atoms with Crippen molar-refractivity contribution < 1.29 is 91.9 Å². The molecule has 0 spiro atoms. The Hall–Kier alpha value is -1.71. The Labute approximate surface area is 221 Å². The van der Waals surface area contributed by atoms with E-state index >= 15 is 0 Å². The van der Waals surface area contributed by atoms with Crippen molar-refractivity contribution in [3.05, 3.63) is 0 Å². The van der Waals surface area contributed by atoms with Crippen molar-refractivity contribution in [3.8, 4) is 0 Å². The van der Waals surface area contributed by atoms with Crippen molar-refractivity contribution in [1.29, 1.82) is 0 Å². The highest BCUT2D eigenvalue weighted by Crippen LogP contribution is 2.51. The topological polar surface area (TPSA) is 147 Å². The van der Waals surface area contributed by atoms with Crippen LogP contribution in [0.5, 0.6) is 0 Å². The maximum atomic E-state index is 14.3. The molecule has 1 saturated heterocycles. The van der Waals surface area contributed by atoms with E-state index in [2.05, 4.69) is 4.74 Å². The molecule has 0 aromatic rings. The summed E-state index contributed by atoms with van der Waals surface area (Å²) in [6.07, 6.45) is -6.89. The van der Waals surface area contributed by atoms with Gasteiger partial charge in [0.05, 0.1) is 12.8 Å². The molecule has 0 aromatic carbocycles. The molecular formula is C14H16F13N3O8S3. The summed E-state index contributed by atoms with van der Waals surface area (Å²) < 4.78 is 245. The minimum absolute atomic E-state index is 0.0180. The maximum Gasteiger partial charge on any atom is 0.460 e. The number of nitrogens with one attached hydrogen (secondary N) is 1. The Morgan fingerprint density at radius 2 is 1.17 bits per heavy atom. The van der Waals surface area contributed by atoms with Crippen molar-refractivity contribution in [2.24, 2.45) is 0 Å². The molecular weight excluding hydrogens is 681 g/mol. The zero-order valence-corrected chi connectivity index (χ0v) is 22.0. The van der Waals surface area contributed by atoms with Crippen LogP contribution in [0.3, 0.4) is 0 Å². The zero-order chi connectivity index (χ0) is 32.9. The van der Waals surface area contributed by atoms with Crippen LogP contribution >= 0.6 is 0 Å². The number of alkyl halides is 13. The number of hydrogen-bond donors (Lipinski definition) is 1. The second kappa shape index (κ2) is 11.1. The Bertz CT molecular complexity index is 1310. The summed E-state index contributed by atoms with van der Waals surface area (Å²) in [5.41, 5.74) is 0. The number of rotatable bonds is 12. The van der Waals surface area contributed by atoms with Crippen LogP contribution in [0.2, 0.25) is 0 Å². The van der Waals surface area contributed by atoms with Crippen molar-refractivity contribution >= 4 is 36.0 Å². The second-order valence-corrected chi connectivity index (χ2v) is 13.8. The van der Waals surface area contributed by atoms with E-state index in [-0.39, 0.29) is 10.4 Å². The van der Waals surface area contributed by atoms with Gasteiger partial charge in [-0.25, -0.2) is 25.3 Å². The van der Waals surface area contributed by atoms with E-state index in [1.54, 1.807) is 0 Å². The summed E-state index contributed by atoms with van der Waals surface area (Å²) in [6.45, 7) is -8.74. The molecule has 11 nitrogen and oxygen atoms in total. The van der Waals surface area contributed by atoms with Crippen molar-refractivity contribution in [1.82, 2.24) is 13.3 Å². The van der Waals surface area contributed by atoms with Gasteiger partial charge in [0.25, 0.3) is 20.0 Å². The number of ether oxygens (including phenoxy) is 1. The third-order valence-corrected chi connectivity index (χ3v) is 9.88. The van der Waals surface area contributed by atoms with Crippen LogP contribution in [-0.4, -0.2) is 120 Å². The summed E-state index contributed by atoms with van der Waals surface area (Å²) >= 11 is 0. The highest BCUT2D eigenvalue weighted by Gasteiger charge is 2.83. The van der Waals surface area contributed by atoms with Gasteiger partial charge < -0.3 is 4.74 Å². The number of nitrogens with zero attached hydrogens (tertiary/aromatic N) is 2. The average molecular weight is 697 g/mol. The molecule has 0 aromatic heterocycles. The van der Waals surface area contributed by atoms with Crippen LogP contribution in [0.4, 0.5) is 57.1 Å². The molecule has 27 heteroatoms. The monoisotopic (exact) mass is 697 g/mol. The van der Waals surface area contributed by atoms with Gasteiger partial charge in [0.2, 0.25) is 10.0 Å². The average Bonchev–Trinajstić information content (AvgIpc) is 2.75. The van der Waals surface area contributed by atoms with Crippen LogP contribution in [0.25, 0.3) is 0 Å². The summed E-state index contributed by atoms with van der Waals surface area (Å²) in [6, 6.07) is 0. The fourth-order valence-electron chi connectivity index (χ4n) is 2.74. The number of carbonyl (C=O) groups is 1. The first-order valence-electron chi connectivity index (χ1n) is 9.85. The minimum Gasteiger partial charge on any atom is -0.458 e. The summed E-state index contributed by atoms with van der Waals surface area (Å²) in [7, 11) is -19.4. The molecule has 1 N–H and O–H groups in total. The third-order valence-electron chi connectivity index (χ3n) is 4.91. The zero-order valence-electron chi connectivity index (χ0n) is 19.5. The quantitative estimate of drug-likeness (QED) is 0.233. The van der Waals surface area contributed by atoms with E-state index in [9.17, 15) is 87.1 Å². The van der Waals surface area contributed by atoms with Gasteiger partial charge in [0, 0.05) is 26.2 Å².